The fourth-order valence-electron chi connectivity index (χ4n) is 3.32. The van der Waals surface area contributed by atoms with E-state index in [9.17, 15) is 5.11 Å². The molecule has 1 aromatic carbocycles. The van der Waals surface area contributed by atoms with E-state index in [1.54, 1.807) is 0 Å². The fourth-order valence-corrected chi connectivity index (χ4v) is 3.32. The molecule has 0 spiro atoms. The number of piperazine rings is 1. The first-order chi connectivity index (χ1) is 11.5. The molecule has 2 heterocycles. The number of hydrogen-bond donors (Lipinski definition) is 1. The maximum absolute atomic E-state index is 9.51. The highest BCUT2D eigenvalue weighted by molar-refractivity contribution is 5.46. The number of aliphatic hydroxyl groups is 1. The van der Waals surface area contributed by atoms with E-state index >= 15 is 0 Å². The molecule has 0 aliphatic carbocycles. The standard InChI is InChI=1S/C17H26N6O/c1-13-5-4-6-14(2)17(13)23-16(18-19-20-23)12-22-9-7-21(8-10-22)11-15(3)24/h4-6,15,24H,7-12H2,1-3H3. The van der Waals surface area contributed by atoms with Gasteiger partial charge in [-0.25, -0.2) is 0 Å². The highest BCUT2D eigenvalue weighted by Crippen LogP contribution is 2.19. The number of nitrogens with zero attached hydrogens (tertiary/aromatic N) is 6. The van der Waals surface area contributed by atoms with Crippen molar-refractivity contribution in [3.05, 3.63) is 35.2 Å². The zero-order valence-electron chi connectivity index (χ0n) is 14.7. The summed E-state index contributed by atoms with van der Waals surface area (Å²) in [6.07, 6.45) is -0.270. The van der Waals surface area contributed by atoms with Crippen molar-refractivity contribution in [1.29, 1.82) is 0 Å². The predicted octanol–water partition coefficient (Wildman–Crippen LogP) is 0.778. The van der Waals surface area contributed by atoms with Gasteiger partial charge in [0.15, 0.2) is 5.82 Å². The van der Waals surface area contributed by atoms with Crippen molar-refractivity contribution in [1.82, 2.24) is 30.0 Å². The fraction of sp³-hybridized carbons (Fsp3) is 0.588. The molecule has 0 bridgehead atoms. The molecule has 3 rings (SSSR count). The molecule has 7 nitrogen and oxygen atoms in total. The second-order valence-electron chi connectivity index (χ2n) is 6.67. The number of β-amino-alcohol motifs (C(OH)–C–C–N with tert-alkyl or cyclic N) is 1. The average molecular weight is 330 g/mol. The van der Waals surface area contributed by atoms with Crippen molar-refractivity contribution in [2.75, 3.05) is 32.7 Å². The van der Waals surface area contributed by atoms with Crippen LogP contribution in [0.2, 0.25) is 0 Å². The van der Waals surface area contributed by atoms with E-state index in [4.69, 9.17) is 0 Å². The maximum Gasteiger partial charge on any atom is 0.170 e. The Morgan fingerprint density at radius 2 is 1.71 bits per heavy atom. The summed E-state index contributed by atoms with van der Waals surface area (Å²) in [6, 6.07) is 6.23. The third kappa shape index (κ3) is 3.80. The lowest BCUT2D eigenvalue weighted by Gasteiger charge is -2.34. The van der Waals surface area contributed by atoms with Crippen molar-refractivity contribution in [2.45, 2.75) is 33.4 Å². The summed E-state index contributed by atoms with van der Waals surface area (Å²) in [5, 5.41) is 21.9. The Kier molecular flexibility index (Phi) is 5.23. The molecular formula is C17H26N6O. The van der Waals surface area contributed by atoms with E-state index in [2.05, 4.69) is 57.4 Å². The van der Waals surface area contributed by atoms with Crippen LogP contribution in [0.3, 0.4) is 0 Å². The summed E-state index contributed by atoms with van der Waals surface area (Å²) in [6.45, 7) is 11.4. The third-order valence-corrected chi connectivity index (χ3v) is 4.54. The SMILES string of the molecule is Cc1cccc(C)c1-n1nnnc1CN1CCN(CC(C)O)CC1. The smallest absolute Gasteiger partial charge is 0.170 e. The van der Waals surface area contributed by atoms with E-state index in [0.29, 0.717) is 0 Å². The van der Waals surface area contributed by atoms with E-state index in [1.807, 2.05) is 11.6 Å². The topological polar surface area (TPSA) is 70.3 Å². The summed E-state index contributed by atoms with van der Waals surface area (Å²) in [4.78, 5) is 4.67. The molecule has 1 unspecified atom stereocenters. The lowest BCUT2D eigenvalue weighted by molar-refractivity contribution is 0.0768. The average Bonchev–Trinajstić information content (AvgIpc) is 2.96. The van der Waals surface area contributed by atoms with Gasteiger partial charge in [0.2, 0.25) is 0 Å². The van der Waals surface area contributed by atoms with Gasteiger partial charge in [0.1, 0.15) is 0 Å². The molecule has 1 N–H and O–H groups in total. The highest BCUT2D eigenvalue weighted by atomic mass is 16.3. The predicted molar refractivity (Wildman–Crippen MR) is 92.0 cm³/mol. The molecule has 7 heteroatoms. The van der Waals surface area contributed by atoms with Gasteiger partial charge in [0.05, 0.1) is 18.3 Å². The first kappa shape index (κ1) is 17.0. The second-order valence-corrected chi connectivity index (χ2v) is 6.67. The van der Waals surface area contributed by atoms with Crippen LogP contribution in [-0.4, -0.2) is 73.9 Å². The minimum Gasteiger partial charge on any atom is -0.392 e. The summed E-state index contributed by atoms with van der Waals surface area (Å²) in [7, 11) is 0. The van der Waals surface area contributed by atoms with Crippen molar-refractivity contribution in [3.63, 3.8) is 0 Å². The van der Waals surface area contributed by atoms with E-state index in [0.717, 1.165) is 50.8 Å². The molecule has 1 atom stereocenters. The highest BCUT2D eigenvalue weighted by Gasteiger charge is 2.21. The Morgan fingerprint density at radius 1 is 1.08 bits per heavy atom. The summed E-state index contributed by atoms with van der Waals surface area (Å²) < 4.78 is 1.87. The van der Waals surface area contributed by atoms with E-state index in [1.165, 1.54) is 11.1 Å². The lowest BCUT2D eigenvalue weighted by atomic mass is 10.1. The van der Waals surface area contributed by atoms with Crippen LogP contribution in [-0.2, 0) is 6.54 Å². The molecular weight excluding hydrogens is 304 g/mol. The number of rotatable bonds is 5. The van der Waals surface area contributed by atoms with Crippen LogP contribution in [0.4, 0.5) is 0 Å². The Bertz CT molecular complexity index is 655. The molecule has 130 valence electrons. The maximum atomic E-state index is 9.51. The van der Waals surface area contributed by atoms with Crippen LogP contribution in [0.25, 0.3) is 5.69 Å². The monoisotopic (exact) mass is 330 g/mol. The van der Waals surface area contributed by atoms with Gasteiger partial charge in [0, 0.05) is 32.7 Å². The molecule has 0 saturated carbocycles. The molecule has 1 aliphatic rings. The van der Waals surface area contributed by atoms with Gasteiger partial charge in [-0.15, -0.1) is 5.10 Å². The quantitative estimate of drug-likeness (QED) is 0.873. The van der Waals surface area contributed by atoms with Gasteiger partial charge in [-0.3, -0.25) is 9.80 Å². The molecule has 1 aliphatic heterocycles. The van der Waals surface area contributed by atoms with Crippen LogP contribution in [0, 0.1) is 13.8 Å². The normalized spacial score (nSPS) is 18.0. The Labute approximate surface area is 142 Å². The van der Waals surface area contributed by atoms with Crippen molar-refractivity contribution >= 4 is 0 Å². The van der Waals surface area contributed by atoms with Gasteiger partial charge >= 0.3 is 0 Å². The molecule has 1 fully saturated rings. The molecule has 24 heavy (non-hydrogen) atoms. The Hall–Kier alpha value is -1.83. The van der Waals surface area contributed by atoms with Crippen LogP contribution in [0.1, 0.15) is 23.9 Å². The van der Waals surface area contributed by atoms with Gasteiger partial charge in [0.25, 0.3) is 0 Å². The van der Waals surface area contributed by atoms with Gasteiger partial charge in [-0.1, -0.05) is 18.2 Å². The Morgan fingerprint density at radius 3 is 2.33 bits per heavy atom. The van der Waals surface area contributed by atoms with Crippen molar-refractivity contribution in [3.8, 4) is 5.69 Å². The van der Waals surface area contributed by atoms with E-state index in [-0.39, 0.29) is 6.10 Å². The number of aryl methyl sites for hydroxylation is 2. The van der Waals surface area contributed by atoms with Crippen LogP contribution >= 0.6 is 0 Å². The number of para-hydroxylation sites is 1. The number of aromatic nitrogens is 4. The molecule has 2 aromatic rings. The van der Waals surface area contributed by atoms with Crippen molar-refractivity contribution in [2.24, 2.45) is 0 Å². The molecule has 1 saturated heterocycles. The summed E-state index contributed by atoms with van der Waals surface area (Å²) in [5.41, 5.74) is 3.42. The first-order valence-corrected chi connectivity index (χ1v) is 8.51. The summed E-state index contributed by atoms with van der Waals surface area (Å²) in [5.74, 6) is 0.872. The molecule has 0 radical (unpaired) electrons. The van der Waals surface area contributed by atoms with Gasteiger partial charge in [-0.2, -0.15) is 4.68 Å². The van der Waals surface area contributed by atoms with Crippen molar-refractivity contribution < 1.29 is 5.11 Å². The first-order valence-electron chi connectivity index (χ1n) is 8.51. The number of aliphatic hydroxyl groups excluding tert-OH is 1. The number of hydrogen-bond acceptors (Lipinski definition) is 6. The number of benzene rings is 1. The lowest BCUT2D eigenvalue weighted by Crippen LogP contribution is -2.48. The molecule has 1 aromatic heterocycles. The summed E-state index contributed by atoms with van der Waals surface area (Å²) >= 11 is 0. The number of tetrazole rings is 1. The minimum absolute atomic E-state index is 0.270. The van der Waals surface area contributed by atoms with Gasteiger partial charge < -0.3 is 5.11 Å². The third-order valence-electron chi connectivity index (χ3n) is 4.54. The zero-order chi connectivity index (χ0) is 17.1. The van der Waals surface area contributed by atoms with Crippen LogP contribution in [0.5, 0.6) is 0 Å². The second kappa shape index (κ2) is 7.38. The minimum atomic E-state index is -0.270. The van der Waals surface area contributed by atoms with Gasteiger partial charge in [-0.05, 0) is 42.3 Å². The zero-order valence-corrected chi connectivity index (χ0v) is 14.7. The van der Waals surface area contributed by atoms with E-state index < -0.39 is 0 Å². The van der Waals surface area contributed by atoms with Crippen LogP contribution < -0.4 is 0 Å². The Balaban J connectivity index is 1.69. The largest absolute Gasteiger partial charge is 0.392 e. The molecule has 0 amide bonds. The van der Waals surface area contributed by atoms with Crippen LogP contribution in [0.15, 0.2) is 18.2 Å².